The van der Waals surface area contributed by atoms with Crippen LogP contribution < -0.4 is 5.32 Å². The molecule has 0 aliphatic heterocycles. The molecule has 1 aliphatic rings. The van der Waals surface area contributed by atoms with Crippen LogP contribution in [0.15, 0.2) is 24.3 Å². The molecular formula is C16H17FN2OS. The Hall–Kier alpha value is -1.75. The lowest BCUT2D eigenvalue weighted by molar-refractivity contribution is -0.115. The highest BCUT2D eigenvalue weighted by atomic mass is 32.1. The van der Waals surface area contributed by atoms with Gasteiger partial charge in [-0.05, 0) is 36.8 Å². The van der Waals surface area contributed by atoms with Gasteiger partial charge in [0.1, 0.15) is 5.82 Å². The number of aromatic nitrogens is 1. The van der Waals surface area contributed by atoms with E-state index < -0.39 is 0 Å². The zero-order chi connectivity index (χ0) is 14.8. The van der Waals surface area contributed by atoms with Crippen molar-refractivity contribution < 1.29 is 9.18 Å². The first-order valence-corrected chi connectivity index (χ1v) is 7.95. The van der Waals surface area contributed by atoms with E-state index in [2.05, 4.69) is 17.2 Å². The van der Waals surface area contributed by atoms with Gasteiger partial charge in [0.2, 0.25) is 5.91 Å². The van der Waals surface area contributed by atoms with Crippen molar-refractivity contribution in [2.24, 2.45) is 5.92 Å². The van der Waals surface area contributed by atoms with Gasteiger partial charge in [-0.3, -0.25) is 4.79 Å². The van der Waals surface area contributed by atoms with Crippen LogP contribution in [0.2, 0.25) is 0 Å². The minimum atomic E-state index is -0.347. The lowest BCUT2D eigenvalue weighted by atomic mass is 9.93. The van der Waals surface area contributed by atoms with Crippen molar-refractivity contribution in [1.82, 2.24) is 4.98 Å². The molecule has 110 valence electrons. The van der Waals surface area contributed by atoms with Crippen LogP contribution in [-0.4, -0.2) is 10.9 Å². The normalized spacial score (nSPS) is 17.3. The zero-order valence-corrected chi connectivity index (χ0v) is 12.7. The summed E-state index contributed by atoms with van der Waals surface area (Å²) in [4.78, 5) is 17.8. The van der Waals surface area contributed by atoms with E-state index in [4.69, 9.17) is 0 Å². The van der Waals surface area contributed by atoms with Crippen LogP contribution in [0.25, 0.3) is 0 Å². The van der Waals surface area contributed by atoms with Crippen LogP contribution in [0.5, 0.6) is 0 Å². The molecule has 1 aromatic heterocycles. The van der Waals surface area contributed by atoms with E-state index in [0.717, 1.165) is 25.0 Å². The van der Waals surface area contributed by atoms with Crippen LogP contribution in [0.1, 0.15) is 29.5 Å². The average Bonchev–Trinajstić information content (AvgIpc) is 2.82. The first kappa shape index (κ1) is 14.2. The average molecular weight is 304 g/mol. The number of thiazole rings is 1. The third kappa shape index (κ3) is 3.29. The molecule has 1 atom stereocenters. The summed E-state index contributed by atoms with van der Waals surface area (Å²) < 4.78 is 13.5. The molecule has 21 heavy (non-hydrogen) atoms. The molecule has 0 fully saturated rings. The molecule has 3 nitrogen and oxygen atoms in total. The Labute approximate surface area is 127 Å². The number of carbonyl (C=O) groups excluding carboxylic acids is 1. The van der Waals surface area contributed by atoms with Gasteiger partial charge in [-0.2, -0.15) is 0 Å². The van der Waals surface area contributed by atoms with E-state index in [0.29, 0.717) is 16.6 Å². The highest BCUT2D eigenvalue weighted by Gasteiger charge is 2.20. The standard InChI is InChI=1S/C16H17FN2OS/c1-10-6-7-13-14(8-10)21-16(18-13)19-15(20)9-11-4-2-3-5-12(11)17/h2-5,10H,6-9H2,1H3,(H,18,19,20). The van der Waals surface area contributed by atoms with Gasteiger partial charge in [-0.25, -0.2) is 9.37 Å². The lowest BCUT2D eigenvalue weighted by Crippen LogP contribution is -2.15. The molecule has 3 rings (SSSR count). The molecule has 1 aromatic carbocycles. The number of rotatable bonds is 3. The van der Waals surface area contributed by atoms with E-state index in [1.54, 1.807) is 29.5 Å². The smallest absolute Gasteiger partial charge is 0.230 e. The van der Waals surface area contributed by atoms with Crippen LogP contribution in [-0.2, 0) is 24.1 Å². The van der Waals surface area contributed by atoms with Gasteiger partial charge >= 0.3 is 0 Å². The SMILES string of the molecule is CC1CCc2nc(NC(=O)Cc3ccccc3F)sc2C1. The Morgan fingerprint density at radius 1 is 1.48 bits per heavy atom. The third-order valence-electron chi connectivity index (χ3n) is 3.74. The second kappa shape index (κ2) is 5.93. The maximum atomic E-state index is 13.5. The summed E-state index contributed by atoms with van der Waals surface area (Å²) in [5, 5.41) is 3.43. The number of halogens is 1. The summed E-state index contributed by atoms with van der Waals surface area (Å²) in [5.41, 5.74) is 1.52. The summed E-state index contributed by atoms with van der Waals surface area (Å²) in [7, 11) is 0. The maximum Gasteiger partial charge on any atom is 0.230 e. The number of fused-ring (bicyclic) bond motifs is 1. The number of anilines is 1. The minimum absolute atomic E-state index is 0.0350. The highest BCUT2D eigenvalue weighted by molar-refractivity contribution is 7.15. The number of carbonyl (C=O) groups is 1. The molecule has 1 N–H and O–H groups in total. The van der Waals surface area contributed by atoms with Crippen molar-refractivity contribution in [3.63, 3.8) is 0 Å². The number of nitrogens with one attached hydrogen (secondary N) is 1. The summed E-state index contributed by atoms with van der Waals surface area (Å²) in [5.74, 6) is 0.110. The first-order chi connectivity index (χ1) is 10.1. The monoisotopic (exact) mass is 304 g/mol. The number of hydrogen-bond acceptors (Lipinski definition) is 3. The molecule has 1 heterocycles. The highest BCUT2D eigenvalue weighted by Crippen LogP contribution is 2.32. The minimum Gasteiger partial charge on any atom is -0.302 e. The van der Waals surface area contributed by atoms with Gasteiger partial charge in [0, 0.05) is 4.88 Å². The van der Waals surface area contributed by atoms with Crippen LogP contribution in [0, 0.1) is 11.7 Å². The van der Waals surface area contributed by atoms with Crippen LogP contribution in [0.3, 0.4) is 0 Å². The van der Waals surface area contributed by atoms with Gasteiger partial charge in [-0.1, -0.05) is 25.1 Å². The fourth-order valence-electron chi connectivity index (χ4n) is 2.57. The number of amides is 1. The van der Waals surface area contributed by atoms with E-state index in [-0.39, 0.29) is 18.1 Å². The van der Waals surface area contributed by atoms with E-state index in [9.17, 15) is 9.18 Å². The van der Waals surface area contributed by atoms with Gasteiger partial charge in [0.25, 0.3) is 0 Å². The van der Waals surface area contributed by atoms with Crippen molar-refractivity contribution >= 4 is 22.4 Å². The van der Waals surface area contributed by atoms with Crippen molar-refractivity contribution in [1.29, 1.82) is 0 Å². The van der Waals surface area contributed by atoms with Crippen molar-refractivity contribution in [3.8, 4) is 0 Å². The predicted molar refractivity (Wildman–Crippen MR) is 82.0 cm³/mol. The number of hydrogen-bond donors (Lipinski definition) is 1. The lowest BCUT2D eigenvalue weighted by Gasteiger charge is -2.15. The molecule has 0 saturated carbocycles. The second-order valence-electron chi connectivity index (χ2n) is 5.55. The van der Waals surface area contributed by atoms with Gasteiger partial charge in [0.15, 0.2) is 5.13 Å². The topological polar surface area (TPSA) is 42.0 Å². The van der Waals surface area contributed by atoms with E-state index in [1.807, 2.05) is 0 Å². The molecule has 0 bridgehead atoms. The number of aryl methyl sites for hydroxylation is 1. The molecule has 1 unspecified atom stereocenters. The zero-order valence-electron chi connectivity index (χ0n) is 11.9. The number of benzene rings is 1. The van der Waals surface area contributed by atoms with Crippen molar-refractivity contribution in [3.05, 3.63) is 46.2 Å². The van der Waals surface area contributed by atoms with Crippen LogP contribution in [0.4, 0.5) is 9.52 Å². The fraction of sp³-hybridized carbons (Fsp3) is 0.375. The van der Waals surface area contributed by atoms with Crippen molar-refractivity contribution in [2.75, 3.05) is 5.32 Å². The Balaban J connectivity index is 1.67. The van der Waals surface area contributed by atoms with Gasteiger partial charge in [-0.15, -0.1) is 11.3 Å². The molecule has 2 aromatic rings. The molecule has 0 spiro atoms. The fourth-order valence-corrected chi connectivity index (χ4v) is 3.76. The molecule has 0 saturated heterocycles. The van der Waals surface area contributed by atoms with Crippen LogP contribution >= 0.6 is 11.3 Å². The Morgan fingerprint density at radius 2 is 2.29 bits per heavy atom. The quantitative estimate of drug-likeness (QED) is 0.941. The first-order valence-electron chi connectivity index (χ1n) is 7.13. The Kier molecular flexibility index (Phi) is 4.01. The van der Waals surface area contributed by atoms with E-state index >= 15 is 0 Å². The molecule has 0 radical (unpaired) electrons. The largest absolute Gasteiger partial charge is 0.302 e. The summed E-state index contributed by atoms with van der Waals surface area (Å²) >= 11 is 1.55. The molecule has 1 aliphatic carbocycles. The van der Waals surface area contributed by atoms with Gasteiger partial charge < -0.3 is 5.32 Å². The Bertz CT molecular complexity index is 668. The van der Waals surface area contributed by atoms with Gasteiger partial charge in [0.05, 0.1) is 12.1 Å². The third-order valence-corrected chi connectivity index (χ3v) is 4.78. The maximum absolute atomic E-state index is 13.5. The summed E-state index contributed by atoms with van der Waals surface area (Å²) in [6.07, 6.45) is 3.21. The van der Waals surface area contributed by atoms with E-state index in [1.165, 1.54) is 10.9 Å². The summed E-state index contributed by atoms with van der Waals surface area (Å²) in [6.45, 7) is 2.24. The second-order valence-corrected chi connectivity index (χ2v) is 6.64. The molecule has 1 amide bonds. The Morgan fingerprint density at radius 3 is 3.10 bits per heavy atom. The van der Waals surface area contributed by atoms with Crippen molar-refractivity contribution in [2.45, 2.75) is 32.6 Å². The molecular weight excluding hydrogens is 287 g/mol. The number of nitrogens with zero attached hydrogens (tertiary/aromatic N) is 1. The molecule has 5 heteroatoms. The summed E-state index contributed by atoms with van der Waals surface area (Å²) in [6, 6.07) is 6.34. The predicted octanol–water partition coefficient (Wildman–Crippen LogP) is 3.59.